The van der Waals surface area contributed by atoms with Crippen molar-refractivity contribution in [2.45, 2.75) is 25.7 Å². The van der Waals surface area contributed by atoms with Gasteiger partial charge in [-0.2, -0.15) is 0 Å². The highest BCUT2D eigenvalue weighted by atomic mass is 16.6. The van der Waals surface area contributed by atoms with Crippen LogP contribution in [0.5, 0.6) is 11.5 Å². The highest BCUT2D eigenvalue weighted by molar-refractivity contribution is 5.91. The van der Waals surface area contributed by atoms with Crippen molar-refractivity contribution < 1.29 is 14.3 Å². The van der Waals surface area contributed by atoms with Crippen molar-refractivity contribution >= 4 is 11.6 Å². The molecule has 1 fully saturated rings. The Bertz CT molecular complexity index is 498. The van der Waals surface area contributed by atoms with Crippen molar-refractivity contribution in [1.29, 1.82) is 0 Å². The minimum Gasteiger partial charge on any atom is -0.486 e. The van der Waals surface area contributed by atoms with Gasteiger partial charge in [-0.15, -0.1) is 0 Å². The van der Waals surface area contributed by atoms with Gasteiger partial charge in [0, 0.05) is 18.2 Å². The maximum Gasteiger partial charge on any atom is 0.224 e. The van der Waals surface area contributed by atoms with Crippen LogP contribution in [0.15, 0.2) is 18.2 Å². The maximum absolute atomic E-state index is 12.0. The summed E-state index contributed by atoms with van der Waals surface area (Å²) in [6.45, 7) is 3.29. The van der Waals surface area contributed by atoms with Gasteiger partial charge in [-0.25, -0.2) is 0 Å². The van der Waals surface area contributed by atoms with E-state index in [-0.39, 0.29) is 5.91 Å². The van der Waals surface area contributed by atoms with E-state index in [2.05, 4.69) is 10.6 Å². The second kappa shape index (κ2) is 6.80. The molecule has 0 saturated carbocycles. The topological polar surface area (TPSA) is 59.6 Å². The monoisotopic (exact) mass is 290 g/mol. The minimum atomic E-state index is 0.0743. The van der Waals surface area contributed by atoms with Crippen LogP contribution < -0.4 is 20.1 Å². The summed E-state index contributed by atoms with van der Waals surface area (Å²) < 4.78 is 11.0. The zero-order valence-corrected chi connectivity index (χ0v) is 12.2. The molecule has 5 heteroatoms. The summed E-state index contributed by atoms with van der Waals surface area (Å²) >= 11 is 0. The minimum absolute atomic E-state index is 0.0743. The molecule has 2 aliphatic heterocycles. The Balaban J connectivity index is 1.50. The standard InChI is InChI=1S/C16H22N2O3/c19-16(4-1-12-5-7-17-8-6-12)18-13-2-3-14-15(11-13)21-10-9-20-14/h2-3,11-12,17H,1,4-10H2,(H,18,19). The maximum atomic E-state index is 12.0. The largest absolute Gasteiger partial charge is 0.486 e. The molecule has 21 heavy (non-hydrogen) atoms. The fourth-order valence-electron chi connectivity index (χ4n) is 2.85. The lowest BCUT2D eigenvalue weighted by Crippen LogP contribution is -2.28. The number of fused-ring (bicyclic) bond motifs is 1. The fraction of sp³-hybridized carbons (Fsp3) is 0.562. The molecule has 0 atom stereocenters. The number of ether oxygens (including phenoxy) is 2. The van der Waals surface area contributed by atoms with Crippen molar-refractivity contribution in [2.75, 3.05) is 31.6 Å². The van der Waals surface area contributed by atoms with Crippen LogP contribution >= 0.6 is 0 Å². The average Bonchev–Trinajstić information content (AvgIpc) is 2.54. The molecule has 1 aromatic rings. The van der Waals surface area contributed by atoms with Gasteiger partial charge in [-0.05, 0) is 50.4 Å². The van der Waals surface area contributed by atoms with E-state index in [1.807, 2.05) is 18.2 Å². The molecule has 1 amide bonds. The van der Waals surface area contributed by atoms with Crippen LogP contribution in [0.3, 0.4) is 0 Å². The number of hydrogen-bond acceptors (Lipinski definition) is 4. The molecular formula is C16H22N2O3. The van der Waals surface area contributed by atoms with Crippen molar-refractivity contribution in [3.63, 3.8) is 0 Å². The van der Waals surface area contributed by atoms with Crippen LogP contribution in [0, 0.1) is 5.92 Å². The zero-order valence-electron chi connectivity index (χ0n) is 12.2. The quantitative estimate of drug-likeness (QED) is 0.892. The van der Waals surface area contributed by atoms with E-state index >= 15 is 0 Å². The third-order valence-electron chi connectivity index (χ3n) is 4.06. The molecule has 1 aromatic carbocycles. The Hall–Kier alpha value is -1.75. The molecule has 0 radical (unpaired) electrons. The first-order valence-electron chi connectivity index (χ1n) is 7.71. The molecule has 0 spiro atoms. The molecule has 0 aromatic heterocycles. The lowest BCUT2D eigenvalue weighted by Gasteiger charge is -2.22. The van der Waals surface area contributed by atoms with E-state index in [0.717, 1.165) is 30.9 Å². The number of carbonyl (C=O) groups is 1. The predicted octanol–water partition coefficient (Wildman–Crippen LogP) is 2.18. The highest BCUT2D eigenvalue weighted by Crippen LogP contribution is 2.32. The van der Waals surface area contributed by atoms with Crippen LogP contribution in [0.25, 0.3) is 0 Å². The third kappa shape index (κ3) is 3.88. The van der Waals surface area contributed by atoms with Crippen LogP contribution in [0.2, 0.25) is 0 Å². The number of rotatable bonds is 4. The van der Waals surface area contributed by atoms with E-state index < -0.39 is 0 Å². The average molecular weight is 290 g/mol. The number of anilines is 1. The van der Waals surface area contributed by atoms with E-state index in [1.54, 1.807) is 0 Å². The Morgan fingerprint density at radius 2 is 1.95 bits per heavy atom. The summed E-state index contributed by atoms with van der Waals surface area (Å²) in [5.41, 5.74) is 0.773. The van der Waals surface area contributed by atoms with Gasteiger partial charge in [-0.3, -0.25) is 4.79 Å². The third-order valence-corrected chi connectivity index (χ3v) is 4.06. The van der Waals surface area contributed by atoms with Crippen molar-refractivity contribution in [2.24, 2.45) is 5.92 Å². The van der Waals surface area contributed by atoms with E-state index in [9.17, 15) is 4.79 Å². The smallest absolute Gasteiger partial charge is 0.224 e. The Labute approximate surface area is 125 Å². The predicted molar refractivity (Wildman–Crippen MR) is 80.9 cm³/mol. The first-order chi connectivity index (χ1) is 10.3. The molecule has 2 aliphatic rings. The van der Waals surface area contributed by atoms with Crippen molar-refractivity contribution in [1.82, 2.24) is 5.32 Å². The summed E-state index contributed by atoms with van der Waals surface area (Å²) in [5, 5.41) is 6.29. The molecule has 0 unspecified atom stereocenters. The number of carbonyl (C=O) groups excluding carboxylic acids is 1. The molecule has 2 N–H and O–H groups in total. The van der Waals surface area contributed by atoms with Gasteiger partial charge < -0.3 is 20.1 Å². The van der Waals surface area contributed by atoms with Gasteiger partial charge in [0.15, 0.2) is 11.5 Å². The molecule has 0 aliphatic carbocycles. The number of benzene rings is 1. The van der Waals surface area contributed by atoms with Crippen LogP contribution in [0.4, 0.5) is 5.69 Å². The first-order valence-corrected chi connectivity index (χ1v) is 7.71. The normalized spacial score (nSPS) is 18.3. The summed E-state index contributed by atoms with van der Waals surface area (Å²) in [7, 11) is 0. The Morgan fingerprint density at radius 1 is 1.19 bits per heavy atom. The molecular weight excluding hydrogens is 268 g/mol. The molecule has 114 valence electrons. The Kier molecular flexibility index (Phi) is 4.60. The van der Waals surface area contributed by atoms with Gasteiger partial charge in [0.05, 0.1) is 0 Å². The SMILES string of the molecule is O=C(CCC1CCNCC1)Nc1ccc2c(c1)OCCO2. The summed E-state index contributed by atoms with van der Waals surface area (Å²) in [5.74, 6) is 2.20. The van der Waals surface area contributed by atoms with Gasteiger partial charge >= 0.3 is 0 Å². The first kappa shape index (κ1) is 14.2. The van der Waals surface area contributed by atoms with Gasteiger partial charge in [0.25, 0.3) is 0 Å². The lowest BCUT2D eigenvalue weighted by molar-refractivity contribution is -0.116. The number of amides is 1. The summed E-state index contributed by atoms with van der Waals surface area (Å²) in [6.07, 6.45) is 3.91. The van der Waals surface area contributed by atoms with Gasteiger partial charge in [0.1, 0.15) is 13.2 Å². The van der Waals surface area contributed by atoms with E-state index in [1.165, 1.54) is 12.8 Å². The lowest BCUT2D eigenvalue weighted by atomic mass is 9.93. The van der Waals surface area contributed by atoms with E-state index in [0.29, 0.717) is 31.3 Å². The summed E-state index contributed by atoms with van der Waals surface area (Å²) in [6, 6.07) is 5.53. The second-order valence-corrected chi connectivity index (χ2v) is 5.64. The summed E-state index contributed by atoms with van der Waals surface area (Å²) in [4.78, 5) is 12.0. The van der Waals surface area contributed by atoms with Crippen LogP contribution in [-0.2, 0) is 4.79 Å². The molecule has 0 bridgehead atoms. The fourth-order valence-corrected chi connectivity index (χ4v) is 2.85. The molecule has 2 heterocycles. The number of nitrogens with one attached hydrogen (secondary N) is 2. The van der Waals surface area contributed by atoms with Crippen molar-refractivity contribution in [3.8, 4) is 11.5 Å². The van der Waals surface area contributed by atoms with Crippen LogP contribution in [0.1, 0.15) is 25.7 Å². The highest BCUT2D eigenvalue weighted by Gasteiger charge is 2.16. The molecule has 1 saturated heterocycles. The van der Waals surface area contributed by atoms with Crippen LogP contribution in [-0.4, -0.2) is 32.2 Å². The number of piperidine rings is 1. The van der Waals surface area contributed by atoms with Crippen molar-refractivity contribution in [3.05, 3.63) is 18.2 Å². The number of hydrogen-bond donors (Lipinski definition) is 2. The zero-order chi connectivity index (χ0) is 14.5. The van der Waals surface area contributed by atoms with E-state index in [4.69, 9.17) is 9.47 Å². The molecule has 3 rings (SSSR count). The Morgan fingerprint density at radius 3 is 2.76 bits per heavy atom. The van der Waals surface area contributed by atoms with Gasteiger partial charge in [0.2, 0.25) is 5.91 Å². The van der Waals surface area contributed by atoms with Gasteiger partial charge in [-0.1, -0.05) is 0 Å². The molecule has 5 nitrogen and oxygen atoms in total. The second-order valence-electron chi connectivity index (χ2n) is 5.64.